The highest BCUT2D eigenvalue weighted by molar-refractivity contribution is 7.95. The van der Waals surface area contributed by atoms with Gasteiger partial charge in [-0.25, -0.2) is 8.42 Å². The standard InChI is InChI=1S/C23H20O2S/c1-17-11-14-20(15-12-17)26(24,25)22-16-13-18-7-5-6-10-21(18)23(22)19-8-3-2-4-9-19/h2-12,14-15H,13,16H2,1H3. The van der Waals surface area contributed by atoms with Crippen molar-refractivity contribution in [1.82, 2.24) is 0 Å². The molecule has 1 aliphatic rings. The van der Waals surface area contributed by atoms with Gasteiger partial charge in [-0.3, -0.25) is 0 Å². The third-order valence-electron chi connectivity index (χ3n) is 4.91. The first-order chi connectivity index (χ1) is 12.6. The van der Waals surface area contributed by atoms with Crippen molar-refractivity contribution in [3.05, 3.63) is 106 Å². The molecule has 0 N–H and O–H groups in total. The number of hydrogen-bond donors (Lipinski definition) is 0. The second-order valence-electron chi connectivity index (χ2n) is 6.64. The molecule has 0 aliphatic heterocycles. The molecular weight excluding hydrogens is 340 g/mol. The highest BCUT2D eigenvalue weighted by atomic mass is 32.2. The summed E-state index contributed by atoms with van der Waals surface area (Å²) in [5.41, 5.74) is 5.07. The van der Waals surface area contributed by atoms with Crippen LogP contribution in [0.25, 0.3) is 5.57 Å². The third kappa shape index (κ3) is 2.89. The van der Waals surface area contributed by atoms with Crippen LogP contribution in [0.15, 0.2) is 88.7 Å². The molecular formula is C23H20O2S. The molecule has 1 aliphatic carbocycles. The van der Waals surface area contributed by atoms with Gasteiger partial charge in [0.05, 0.1) is 9.80 Å². The lowest BCUT2D eigenvalue weighted by atomic mass is 9.87. The van der Waals surface area contributed by atoms with Crippen LogP contribution in [-0.4, -0.2) is 8.42 Å². The van der Waals surface area contributed by atoms with Crippen molar-refractivity contribution in [2.24, 2.45) is 0 Å². The molecule has 0 atom stereocenters. The molecule has 0 bridgehead atoms. The molecule has 0 fully saturated rings. The van der Waals surface area contributed by atoms with Crippen LogP contribution < -0.4 is 0 Å². The van der Waals surface area contributed by atoms with Crippen LogP contribution >= 0.6 is 0 Å². The average molecular weight is 360 g/mol. The molecule has 0 aromatic heterocycles. The van der Waals surface area contributed by atoms with Gasteiger partial charge in [0.25, 0.3) is 0 Å². The Morgan fingerprint density at radius 2 is 1.38 bits per heavy atom. The Morgan fingerprint density at radius 1 is 0.731 bits per heavy atom. The van der Waals surface area contributed by atoms with Crippen LogP contribution in [0.3, 0.4) is 0 Å². The summed E-state index contributed by atoms with van der Waals surface area (Å²) in [6.07, 6.45) is 1.27. The van der Waals surface area contributed by atoms with Crippen LogP contribution in [0.2, 0.25) is 0 Å². The monoisotopic (exact) mass is 360 g/mol. The first-order valence-corrected chi connectivity index (χ1v) is 10.2. The SMILES string of the molecule is Cc1ccc(S(=O)(=O)C2=C(c3ccccc3)c3ccccc3CC2)cc1. The van der Waals surface area contributed by atoms with E-state index in [4.69, 9.17) is 0 Å². The zero-order valence-corrected chi connectivity index (χ0v) is 15.5. The summed E-state index contributed by atoms with van der Waals surface area (Å²) in [6, 6.07) is 25.1. The molecule has 3 heteroatoms. The minimum absolute atomic E-state index is 0.367. The number of hydrogen-bond acceptors (Lipinski definition) is 2. The number of sulfone groups is 1. The third-order valence-corrected chi connectivity index (χ3v) is 6.85. The van der Waals surface area contributed by atoms with Crippen molar-refractivity contribution in [2.75, 3.05) is 0 Å². The fourth-order valence-corrected chi connectivity index (χ4v) is 5.20. The van der Waals surface area contributed by atoms with E-state index in [2.05, 4.69) is 6.07 Å². The van der Waals surface area contributed by atoms with E-state index >= 15 is 0 Å². The molecule has 130 valence electrons. The van der Waals surface area contributed by atoms with Gasteiger partial charge in [-0.2, -0.15) is 0 Å². The number of aryl methyl sites for hydroxylation is 2. The van der Waals surface area contributed by atoms with Crippen molar-refractivity contribution in [3.63, 3.8) is 0 Å². The molecule has 0 saturated heterocycles. The van der Waals surface area contributed by atoms with Crippen molar-refractivity contribution in [2.45, 2.75) is 24.7 Å². The van der Waals surface area contributed by atoms with Crippen molar-refractivity contribution < 1.29 is 8.42 Å². The van der Waals surface area contributed by atoms with Crippen LogP contribution in [0.5, 0.6) is 0 Å². The molecule has 0 spiro atoms. The number of fused-ring (bicyclic) bond motifs is 1. The number of benzene rings is 3. The number of rotatable bonds is 3. The molecule has 0 saturated carbocycles. The van der Waals surface area contributed by atoms with E-state index in [-0.39, 0.29) is 0 Å². The normalized spacial score (nSPS) is 14.2. The van der Waals surface area contributed by atoms with Gasteiger partial charge in [-0.1, -0.05) is 72.3 Å². The summed E-state index contributed by atoms with van der Waals surface area (Å²) >= 11 is 0. The summed E-state index contributed by atoms with van der Waals surface area (Å²) in [6.45, 7) is 1.96. The zero-order chi connectivity index (χ0) is 18.1. The highest BCUT2D eigenvalue weighted by Gasteiger charge is 2.29. The van der Waals surface area contributed by atoms with Gasteiger partial charge in [0.15, 0.2) is 0 Å². The lowest BCUT2D eigenvalue weighted by Gasteiger charge is -2.24. The fraction of sp³-hybridized carbons (Fsp3) is 0.130. The zero-order valence-electron chi connectivity index (χ0n) is 14.6. The van der Waals surface area contributed by atoms with Crippen LogP contribution in [0.4, 0.5) is 0 Å². The van der Waals surface area contributed by atoms with Gasteiger partial charge in [-0.05, 0) is 48.6 Å². The maximum Gasteiger partial charge on any atom is 0.203 e. The van der Waals surface area contributed by atoms with Gasteiger partial charge in [0, 0.05) is 5.57 Å². The second-order valence-corrected chi connectivity index (χ2v) is 8.61. The number of allylic oxidation sites excluding steroid dienone is 1. The molecule has 0 radical (unpaired) electrons. The summed E-state index contributed by atoms with van der Waals surface area (Å²) in [4.78, 5) is 0.886. The quantitative estimate of drug-likeness (QED) is 0.645. The van der Waals surface area contributed by atoms with Gasteiger partial charge in [0.2, 0.25) is 9.84 Å². The Bertz CT molecular complexity index is 1080. The minimum atomic E-state index is -3.54. The lowest BCUT2D eigenvalue weighted by molar-refractivity contribution is 0.600. The van der Waals surface area contributed by atoms with E-state index in [1.54, 1.807) is 12.1 Å². The van der Waals surface area contributed by atoms with Gasteiger partial charge in [0.1, 0.15) is 0 Å². The topological polar surface area (TPSA) is 34.1 Å². The predicted molar refractivity (Wildman–Crippen MR) is 106 cm³/mol. The Morgan fingerprint density at radius 3 is 2.12 bits per heavy atom. The molecule has 26 heavy (non-hydrogen) atoms. The molecule has 2 nitrogen and oxygen atoms in total. The minimum Gasteiger partial charge on any atom is -0.219 e. The smallest absolute Gasteiger partial charge is 0.203 e. The fourth-order valence-electron chi connectivity index (χ4n) is 3.56. The average Bonchev–Trinajstić information content (AvgIpc) is 2.68. The Balaban J connectivity index is 1.99. The van der Waals surface area contributed by atoms with E-state index in [9.17, 15) is 8.42 Å². The van der Waals surface area contributed by atoms with Crippen LogP contribution in [0.1, 0.15) is 28.7 Å². The molecule has 3 aromatic carbocycles. The predicted octanol–water partition coefficient (Wildman–Crippen LogP) is 5.17. The summed E-state index contributed by atoms with van der Waals surface area (Å²) in [7, 11) is -3.54. The van der Waals surface area contributed by atoms with Crippen molar-refractivity contribution >= 4 is 15.4 Å². The molecule has 0 unspecified atom stereocenters. The van der Waals surface area contributed by atoms with Crippen molar-refractivity contribution in [3.8, 4) is 0 Å². The molecule has 0 heterocycles. The van der Waals surface area contributed by atoms with E-state index in [1.165, 1.54) is 5.56 Å². The van der Waals surface area contributed by atoms with E-state index in [0.29, 0.717) is 16.2 Å². The largest absolute Gasteiger partial charge is 0.219 e. The first-order valence-electron chi connectivity index (χ1n) is 8.76. The van der Waals surface area contributed by atoms with Gasteiger partial charge >= 0.3 is 0 Å². The molecule has 4 rings (SSSR count). The lowest BCUT2D eigenvalue weighted by Crippen LogP contribution is -2.14. The Hall–Kier alpha value is -2.65. The Kier molecular flexibility index (Phi) is 4.25. The maximum atomic E-state index is 13.4. The summed E-state index contributed by atoms with van der Waals surface area (Å²) < 4.78 is 26.9. The van der Waals surface area contributed by atoms with Crippen LogP contribution in [0, 0.1) is 6.92 Å². The van der Waals surface area contributed by atoms with Crippen LogP contribution in [-0.2, 0) is 16.3 Å². The Labute approximate surface area is 154 Å². The summed E-state index contributed by atoms with van der Waals surface area (Å²) in [5, 5.41) is 0. The second kappa shape index (κ2) is 6.58. The molecule has 3 aromatic rings. The van der Waals surface area contributed by atoms with E-state index in [1.807, 2.05) is 67.6 Å². The van der Waals surface area contributed by atoms with Crippen molar-refractivity contribution in [1.29, 1.82) is 0 Å². The van der Waals surface area contributed by atoms with Gasteiger partial charge in [-0.15, -0.1) is 0 Å². The summed E-state index contributed by atoms with van der Waals surface area (Å²) in [5.74, 6) is 0. The highest BCUT2D eigenvalue weighted by Crippen LogP contribution is 2.40. The van der Waals surface area contributed by atoms with E-state index < -0.39 is 9.84 Å². The first kappa shape index (κ1) is 16.8. The van der Waals surface area contributed by atoms with E-state index in [0.717, 1.165) is 28.7 Å². The van der Waals surface area contributed by atoms with Gasteiger partial charge < -0.3 is 0 Å². The molecule has 0 amide bonds. The maximum absolute atomic E-state index is 13.4.